The molecule has 2 amide bonds. The van der Waals surface area contributed by atoms with E-state index in [1.54, 1.807) is 22.7 Å². The number of carbonyl (C=O) groups excluding carboxylic acids is 2. The molecule has 3 saturated heterocycles. The van der Waals surface area contributed by atoms with Crippen molar-refractivity contribution in [1.82, 2.24) is 20.6 Å². The highest BCUT2D eigenvalue weighted by molar-refractivity contribution is 7.17. The van der Waals surface area contributed by atoms with Crippen LogP contribution in [0.15, 0.2) is 35.3 Å². The molecule has 5 heterocycles. The van der Waals surface area contributed by atoms with Gasteiger partial charge in [0.25, 0.3) is 0 Å². The Morgan fingerprint density at radius 1 is 0.804 bits per heavy atom. The van der Waals surface area contributed by atoms with Crippen molar-refractivity contribution in [1.29, 1.82) is 0 Å². The van der Waals surface area contributed by atoms with Crippen LogP contribution in [0.3, 0.4) is 0 Å². The first-order valence-electron chi connectivity index (χ1n) is 15.7. The smallest absolute Gasteiger partial charge is 0.489 e. The second-order valence-electron chi connectivity index (χ2n) is 13.5. The van der Waals surface area contributed by atoms with E-state index >= 15 is 0 Å². The van der Waals surface area contributed by atoms with Crippen LogP contribution in [0.25, 0.3) is 20.4 Å². The maximum absolute atomic E-state index is 11.5. The summed E-state index contributed by atoms with van der Waals surface area (Å²) in [4.78, 5) is 31.6. The number of aromatic nitrogens is 2. The zero-order valence-electron chi connectivity index (χ0n) is 27.3. The lowest BCUT2D eigenvalue weighted by molar-refractivity contribution is -0.120. The fraction of sp³-hybridized carbons (Fsp3) is 0.515. The van der Waals surface area contributed by atoms with Crippen LogP contribution in [0.1, 0.15) is 59.9 Å². The first-order chi connectivity index (χ1) is 21.8. The Balaban J connectivity index is 0.000000172. The van der Waals surface area contributed by atoms with Crippen LogP contribution in [-0.4, -0.2) is 65.4 Å². The van der Waals surface area contributed by atoms with Crippen molar-refractivity contribution in [2.45, 2.75) is 84.7 Å². The van der Waals surface area contributed by atoms with Gasteiger partial charge in [-0.1, -0.05) is 0 Å². The number of benzene rings is 2. The molecule has 3 aliphatic rings. The maximum atomic E-state index is 11.5. The van der Waals surface area contributed by atoms with Gasteiger partial charge in [0.1, 0.15) is 23.7 Å². The summed E-state index contributed by atoms with van der Waals surface area (Å²) in [6.07, 6.45) is 0.997. The molecule has 7 rings (SSSR count). The van der Waals surface area contributed by atoms with Crippen molar-refractivity contribution in [3.63, 3.8) is 0 Å². The number of hydrogen-bond acceptors (Lipinski definition) is 10. The lowest BCUT2D eigenvalue weighted by Gasteiger charge is -2.32. The molecule has 3 aliphatic heterocycles. The lowest BCUT2D eigenvalue weighted by Crippen LogP contribution is -2.41. The predicted octanol–water partition coefficient (Wildman–Crippen LogP) is 5.01. The molecular weight excluding hydrogens is 623 g/mol. The van der Waals surface area contributed by atoms with Gasteiger partial charge in [-0.2, -0.15) is 0 Å². The minimum atomic E-state index is -0.464. The topological polar surface area (TPSA) is 121 Å². The molecule has 0 unspecified atom stereocenters. The van der Waals surface area contributed by atoms with E-state index in [4.69, 9.17) is 18.8 Å². The van der Waals surface area contributed by atoms with Gasteiger partial charge in [0.15, 0.2) is 0 Å². The molecule has 2 N–H and O–H groups in total. The number of aryl methyl sites for hydroxylation is 1. The summed E-state index contributed by atoms with van der Waals surface area (Å²) in [5, 5.41) is 5.73. The molecule has 244 valence electrons. The zero-order valence-corrected chi connectivity index (χ0v) is 29.0. The molecule has 0 spiro atoms. The van der Waals surface area contributed by atoms with Crippen LogP contribution in [0, 0.1) is 18.8 Å². The van der Waals surface area contributed by atoms with Gasteiger partial charge in [0.05, 0.1) is 42.7 Å². The number of nitrogens with one attached hydrogen (secondary N) is 2. The van der Waals surface area contributed by atoms with Crippen molar-refractivity contribution in [2.75, 3.05) is 13.1 Å². The first kappa shape index (κ1) is 32.7. The van der Waals surface area contributed by atoms with Gasteiger partial charge in [-0.25, -0.2) is 9.97 Å². The molecule has 13 heteroatoms. The largest absolute Gasteiger partial charge is 0.495 e. The van der Waals surface area contributed by atoms with E-state index in [2.05, 4.69) is 26.7 Å². The third-order valence-electron chi connectivity index (χ3n) is 9.46. The number of hydrogen-bond donors (Lipinski definition) is 2. The van der Waals surface area contributed by atoms with E-state index in [1.807, 2.05) is 77.7 Å². The first-order valence-corrected chi connectivity index (χ1v) is 17.5. The van der Waals surface area contributed by atoms with Crippen molar-refractivity contribution < 1.29 is 28.4 Å². The molecular formula is C33H41BN4O6S2. The Hall–Kier alpha value is -3.26. The molecule has 0 radical (unpaired) electrons. The van der Waals surface area contributed by atoms with Crippen molar-refractivity contribution in [2.24, 2.45) is 11.8 Å². The Bertz CT molecular complexity index is 1740. The maximum Gasteiger partial charge on any atom is 0.495 e. The minimum absolute atomic E-state index is 0.0195. The molecule has 4 aromatic rings. The summed E-state index contributed by atoms with van der Waals surface area (Å²) in [6, 6.07) is 8.10. The summed E-state index contributed by atoms with van der Waals surface area (Å²) in [5.74, 6) is 2.27. The number of amides is 2. The van der Waals surface area contributed by atoms with Gasteiger partial charge >= 0.3 is 7.12 Å². The highest BCUT2D eigenvalue weighted by atomic mass is 32.1. The quantitative estimate of drug-likeness (QED) is 0.265. The zero-order chi connectivity index (χ0) is 32.8. The number of rotatable bonds is 7. The molecule has 4 atom stereocenters. The minimum Gasteiger partial charge on any atom is -0.489 e. The summed E-state index contributed by atoms with van der Waals surface area (Å²) in [7, 11) is -0.464. The molecule has 0 aliphatic carbocycles. The van der Waals surface area contributed by atoms with E-state index in [9.17, 15) is 9.59 Å². The van der Waals surface area contributed by atoms with Gasteiger partial charge in [0, 0.05) is 37.8 Å². The second kappa shape index (κ2) is 12.7. The Labute approximate surface area is 277 Å². The van der Waals surface area contributed by atoms with Crippen LogP contribution in [0.2, 0.25) is 0 Å². The lowest BCUT2D eigenvalue weighted by atomic mass is 9.79. The fourth-order valence-electron chi connectivity index (χ4n) is 5.83. The highest BCUT2D eigenvalue weighted by Gasteiger charge is 2.52. The van der Waals surface area contributed by atoms with E-state index in [1.165, 1.54) is 0 Å². The Kier molecular flexibility index (Phi) is 9.05. The molecule has 0 bridgehead atoms. The average Bonchev–Trinajstić information content (AvgIpc) is 3.81. The SMILES string of the molecule is C[C@@H](Oc1cc(B2OC(C)(C)C(C)(C)O2)cc2ncsc12)[C@H]1CNC(=O)C1.Cc1cc(O[C@H](C)[C@H]2CNC(=O)C2)c2scnc2c1. The molecule has 3 fully saturated rings. The number of ether oxygens (including phenoxy) is 2. The number of fused-ring (bicyclic) bond motifs is 2. The third-order valence-corrected chi connectivity index (χ3v) is 11.2. The second-order valence-corrected chi connectivity index (χ2v) is 15.2. The van der Waals surface area contributed by atoms with Crippen LogP contribution in [-0.2, 0) is 18.9 Å². The van der Waals surface area contributed by atoms with Crippen LogP contribution in [0.5, 0.6) is 11.5 Å². The molecule has 2 aromatic carbocycles. The third kappa shape index (κ3) is 6.74. The van der Waals surface area contributed by atoms with E-state index in [-0.39, 0.29) is 35.9 Å². The normalized spacial score (nSPS) is 23.2. The number of thiazole rings is 2. The summed E-state index contributed by atoms with van der Waals surface area (Å²) in [6.45, 7) is 15.6. The van der Waals surface area contributed by atoms with Crippen molar-refractivity contribution in [3.05, 3.63) is 40.8 Å². The highest BCUT2D eigenvalue weighted by Crippen LogP contribution is 2.38. The van der Waals surface area contributed by atoms with Crippen molar-refractivity contribution >= 4 is 67.5 Å². The Morgan fingerprint density at radius 2 is 1.28 bits per heavy atom. The molecule has 2 aromatic heterocycles. The fourth-order valence-corrected chi connectivity index (χ4v) is 7.29. The number of carbonyl (C=O) groups is 2. The van der Waals surface area contributed by atoms with Gasteiger partial charge in [-0.3, -0.25) is 9.59 Å². The van der Waals surface area contributed by atoms with Gasteiger partial charge in [-0.05, 0) is 83.8 Å². The summed E-state index contributed by atoms with van der Waals surface area (Å²) < 4.78 is 26.8. The van der Waals surface area contributed by atoms with Gasteiger partial charge < -0.3 is 29.4 Å². The predicted molar refractivity (Wildman–Crippen MR) is 182 cm³/mol. The summed E-state index contributed by atoms with van der Waals surface area (Å²) in [5.41, 5.74) is 6.73. The Morgan fingerprint density at radius 3 is 1.76 bits per heavy atom. The molecule has 10 nitrogen and oxygen atoms in total. The van der Waals surface area contributed by atoms with E-state index in [0.29, 0.717) is 25.9 Å². The van der Waals surface area contributed by atoms with E-state index in [0.717, 1.165) is 43.0 Å². The van der Waals surface area contributed by atoms with Crippen molar-refractivity contribution in [3.8, 4) is 11.5 Å². The molecule has 0 saturated carbocycles. The van der Waals surface area contributed by atoms with Crippen LogP contribution >= 0.6 is 22.7 Å². The van der Waals surface area contributed by atoms with Crippen LogP contribution in [0.4, 0.5) is 0 Å². The van der Waals surface area contributed by atoms with Crippen LogP contribution < -0.4 is 25.6 Å². The monoisotopic (exact) mass is 664 g/mol. The standard InChI is InChI=1S/C19H25BN2O4S.C14H16N2O2S/c1-11(12-6-16(23)21-9-12)24-15-8-13(7-14-17(15)27-10-22-14)20-25-18(2,3)19(4,5)26-20;1-8-3-11-14(19-7-16-11)12(4-8)18-9(2)10-5-13(17)15-6-10/h7-8,10-12H,6,9H2,1-5H3,(H,21,23);3-4,7,9-10H,5-6H2,1-2H3,(H,15,17)/t11-,12-;9-,10-/m11/s1. The summed E-state index contributed by atoms with van der Waals surface area (Å²) >= 11 is 3.14. The number of nitrogens with zero attached hydrogens (tertiary/aromatic N) is 2. The molecule has 46 heavy (non-hydrogen) atoms. The van der Waals surface area contributed by atoms with E-state index < -0.39 is 18.3 Å². The van der Waals surface area contributed by atoms with Gasteiger partial charge in [0.2, 0.25) is 11.8 Å². The van der Waals surface area contributed by atoms with Gasteiger partial charge in [-0.15, -0.1) is 22.7 Å². The average molecular weight is 665 g/mol.